The predicted octanol–water partition coefficient (Wildman–Crippen LogP) is 5.23. The van der Waals surface area contributed by atoms with Crippen molar-refractivity contribution in [2.24, 2.45) is 0 Å². The normalized spacial score (nSPS) is 13.8. The van der Waals surface area contributed by atoms with Gasteiger partial charge in [0.15, 0.2) is 0 Å². The van der Waals surface area contributed by atoms with E-state index in [1.807, 2.05) is 60.8 Å². The highest BCUT2D eigenvalue weighted by Crippen LogP contribution is 2.35. The molecule has 1 aliphatic rings. The Morgan fingerprint density at radius 1 is 1.00 bits per heavy atom. The molecule has 2 heterocycles. The molecule has 0 aliphatic carbocycles. The quantitative estimate of drug-likeness (QED) is 0.475. The molecule has 158 valence electrons. The van der Waals surface area contributed by atoms with E-state index in [-0.39, 0.29) is 24.1 Å². The van der Waals surface area contributed by atoms with Crippen LogP contribution >= 0.6 is 22.9 Å². The molecule has 1 aromatic heterocycles. The van der Waals surface area contributed by atoms with Gasteiger partial charge in [-0.15, -0.1) is 11.3 Å². The molecule has 2 aromatic carbocycles. The number of carbonyl (C=O) groups excluding carboxylic acids is 2. The van der Waals surface area contributed by atoms with Crippen molar-refractivity contribution in [1.29, 1.82) is 0 Å². The van der Waals surface area contributed by atoms with Crippen molar-refractivity contribution >= 4 is 46.0 Å². The smallest absolute Gasteiger partial charge is 0.278 e. The number of nitrogens with zero attached hydrogens (tertiary/aromatic N) is 1. The number of para-hydroxylation sites is 2. The number of anilines is 1. The summed E-state index contributed by atoms with van der Waals surface area (Å²) in [6.45, 7) is 2.68. The van der Waals surface area contributed by atoms with Gasteiger partial charge in [-0.3, -0.25) is 14.5 Å². The first-order valence-corrected chi connectivity index (χ1v) is 11.2. The highest BCUT2D eigenvalue weighted by molar-refractivity contribution is 7.11. The fraction of sp³-hybridized carbons (Fsp3) is 0.167. The average Bonchev–Trinajstić information content (AvgIpc) is 3.37. The lowest BCUT2D eigenvalue weighted by Crippen LogP contribution is -2.34. The Hall–Kier alpha value is -3.09. The van der Waals surface area contributed by atoms with Crippen molar-refractivity contribution in [3.8, 4) is 5.75 Å². The molecule has 0 bridgehead atoms. The largest absolute Gasteiger partial charge is 0.492 e. The highest BCUT2D eigenvalue weighted by atomic mass is 35.5. The minimum atomic E-state index is -0.339. The van der Waals surface area contributed by atoms with E-state index in [4.69, 9.17) is 16.3 Å². The van der Waals surface area contributed by atoms with Crippen LogP contribution in [0.5, 0.6) is 5.75 Å². The van der Waals surface area contributed by atoms with Gasteiger partial charge in [0.25, 0.3) is 11.8 Å². The molecule has 5 nitrogen and oxygen atoms in total. The second kappa shape index (κ2) is 9.37. The molecule has 0 atom stereocenters. The van der Waals surface area contributed by atoms with E-state index in [9.17, 15) is 9.59 Å². The molecule has 0 spiro atoms. The molecule has 2 amide bonds. The second-order valence-electron chi connectivity index (χ2n) is 6.92. The molecule has 0 unspecified atom stereocenters. The lowest BCUT2D eigenvalue weighted by molar-refractivity contribution is -0.136. The number of ether oxygens (including phenoxy) is 1. The van der Waals surface area contributed by atoms with Crippen LogP contribution in [0, 0.1) is 0 Å². The van der Waals surface area contributed by atoms with Gasteiger partial charge in [-0.25, -0.2) is 0 Å². The van der Waals surface area contributed by atoms with Gasteiger partial charge < -0.3 is 10.1 Å². The van der Waals surface area contributed by atoms with Gasteiger partial charge in [0.2, 0.25) is 0 Å². The molecule has 31 heavy (non-hydrogen) atoms. The molecule has 1 aliphatic heterocycles. The standard InChI is InChI=1S/C24H21ClN2O3S/c1-2-30-19-7-4-3-6-18(19)26-22-21(20-8-5-15-31-20)23(28)27(24(22)29)14-13-16-9-11-17(25)12-10-16/h3-12,15,26H,2,13-14H2,1H3. The molecule has 3 aromatic rings. The van der Waals surface area contributed by atoms with Crippen molar-refractivity contribution in [3.63, 3.8) is 0 Å². The third-order valence-corrected chi connectivity index (χ3v) is 6.06. The van der Waals surface area contributed by atoms with Crippen LogP contribution < -0.4 is 10.1 Å². The van der Waals surface area contributed by atoms with Crippen molar-refractivity contribution in [2.75, 3.05) is 18.5 Å². The summed E-state index contributed by atoms with van der Waals surface area (Å²) in [6.07, 6.45) is 0.551. The third-order valence-electron chi connectivity index (χ3n) is 4.92. The zero-order valence-corrected chi connectivity index (χ0v) is 18.5. The molecular weight excluding hydrogens is 432 g/mol. The van der Waals surface area contributed by atoms with E-state index in [0.29, 0.717) is 35.1 Å². The lowest BCUT2D eigenvalue weighted by Gasteiger charge is -2.16. The van der Waals surface area contributed by atoms with Crippen molar-refractivity contribution in [3.05, 3.63) is 87.2 Å². The van der Waals surface area contributed by atoms with Gasteiger partial charge >= 0.3 is 0 Å². The third kappa shape index (κ3) is 4.50. The van der Waals surface area contributed by atoms with Crippen molar-refractivity contribution < 1.29 is 14.3 Å². The molecule has 0 radical (unpaired) electrons. The van der Waals surface area contributed by atoms with E-state index < -0.39 is 0 Å². The predicted molar refractivity (Wildman–Crippen MR) is 124 cm³/mol. The van der Waals surface area contributed by atoms with E-state index in [1.54, 1.807) is 12.1 Å². The summed E-state index contributed by atoms with van der Waals surface area (Å²) < 4.78 is 5.67. The van der Waals surface area contributed by atoms with Gasteiger partial charge in [-0.1, -0.05) is 41.9 Å². The molecule has 0 saturated heterocycles. The zero-order chi connectivity index (χ0) is 21.8. The maximum atomic E-state index is 13.3. The number of imide groups is 1. The van der Waals surface area contributed by atoms with E-state index >= 15 is 0 Å². The molecule has 0 saturated carbocycles. The number of thiophene rings is 1. The Balaban J connectivity index is 1.63. The zero-order valence-electron chi connectivity index (χ0n) is 16.9. The van der Waals surface area contributed by atoms with Crippen LogP contribution in [0.15, 0.2) is 71.7 Å². The van der Waals surface area contributed by atoms with Crippen molar-refractivity contribution in [1.82, 2.24) is 4.90 Å². The van der Waals surface area contributed by atoms with Gasteiger partial charge in [-0.05, 0) is 54.6 Å². The second-order valence-corrected chi connectivity index (χ2v) is 8.30. The number of nitrogens with one attached hydrogen (secondary N) is 1. The van der Waals surface area contributed by atoms with Crippen LogP contribution in [0.2, 0.25) is 5.02 Å². The summed E-state index contributed by atoms with van der Waals surface area (Å²) in [5.41, 5.74) is 2.32. The number of rotatable bonds is 8. The number of benzene rings is 2. The van der Waals surface area contributed by atoms with Crippen LogP contribution in [0.4, 0.5) is 5.69 Å². The molecule has 7 heteroatoms. The number of halogens is 1. The minimum absolute atomic E-state index is 0.274. The van der Waals surface area contributed by atoms with Crippen LogP contribution in [0.1, 0.15) is 17.4 Å². The SMILES string of the molecule is CCOc1ccccc1NC1=C(c2cccs2)C(=O)N(CCc2ccc(Cl)cc2)C1=O. The van der Waals surface area contributed by atoms with Gasteiger partial charge in [0.05, 0.1) is 17.9 Å². The van der Waals surface area contributed by atoms with Gasteiger partial charge in [0, 0.05) is 16.4 Å². The van der Waals surface area contributed by atoms with E-state index in [0.717, 1.165) is 10.4 Å². The Kier molecular flexibility index (Phi) is 6.39. The maximum Gasteiger partial charge on any atom is 0.278 e. The number of amides is 2. The summed E-state index contributed by atoms with van der Waals surface area (Å²) in [5, 5.41) is 5.72. The van der Waals surface area contributed by atoms with Crippen LogP contribution in [-0.4, -0.2) is 29.9 Å². The Morgan fingerprint density at radius 2 is 1.77 bits per heavy atom. The summed E-state index contributed by atoms with van der Waals surface area (Å²) >= 11 is 7.38. The van der Waals surface area contributed by atoms with Gasteiger partial charge in [-0.2, -0.15) is 0 Å². The Morgan fingerprint density at radius 3 is 2.48 bits per heavy atom. The highest BCUT2D eigenvalue weighted by Gasteiger charge is 2.39. The van der Waals surface area contributed by atoms with Crippen LogP contribution in [-0.2, 0) is 16.0 Å². The topological polar surface area (TPSA) is 58.6 Å². The fourth-order valence-corrected chi connectivity index (χ4v) is 4.32. The lowest BCUT2D eigenvalue weighted by atomic mass is 10.1. The Labute approximate surface area is 189 Å². The first kappa shape index (κ1) is 21.2. The molecular formula is C24H21ClN2O3S. The Bertz CT molecular complexity index is 1120. The number of hydrogen-bond acceptors (Lipinski definition) is 5. The minimum Gasteiger partial charge on any atom is -0.492 e. The molecule has 1 N–H and O–H groups in total. The monoisotopic (exact) mass is 452 g/mol. The van der Waals surface area contributed by atoms with E-state index in [1.165, 1.54) is 16.2 Å². The first-order chi connectivity index (χ1) is 15.1. The van der Waals surface area contributed by atoms with Crippen LogP contribution in [0.25, 0.3) is 5.57 Å². The fourth-order valence-electron chi connectivity index (χ4n) is 3.42. The average molecular weight is 453 g/mol. The molecule has 4 rings (SSSR count). The maximum absolute atomic E-state index is 13.3. The van der Waals surface area contributed by atoms with Crippen LogP contribution in [0.3, 0.4) is 0 Å². The van der Waals surface area contributed by atoms with Crippen molar-refractivity contribution in [2.45, 2.75) is 13.3 Å². The van der Waals surface area contributed by atoms with E-state index in [2.05, 4.69) is 5.32 Å². The summed E-state index contributed by atoms with van der Waals surface area (Å²) in [5.74, 6) is -0.00522. The molecule has 0 fully saturated rings. The summed E-state index contributed by atoms with van der Waals surface area (Å²) in [6, 6.07) is 18.5. The van der Waals surface area contributed by atoms with Gasteiger partial charge in [0.1, 0.15) is 11.4 Å². The number of carbonyl (C=O) groups is 2. The number of hydrogen-bond donors (Lipinski definition) is 1. The summed E-state index contributed by atoms with van der Waals surface area (Å²) in [4.78, 5) is 28.6. The first-order valence-electron chi connectivity index (χ1n) is 9.96. The summed E-state index contributed by atoms with van der Waals surface area (Å²) in [7, 11) is 0.